The topological polar surface area (TPSA) is 91.1 Å². The van der Waals surface area contributed by atoms with Crippen LogP contribution in [-0.2, 0) is 4.79 Å². The number of carbonyl (C=O) groups excluding carboxylic acids is 1. The van der Waals surface area contributed by atoms with Gasteiger partial charge in [0, 0.05) is 5.56 Å². The first-order valence-corrected chi connectivity index (χ1v) is 6.50. The Kier molecular flexibility index (Phi) is 4.18. The van der Waals surface area contributed by atoms with Crippen molar-refractivity contribution < 1.29 is 14.7 Å². The van der Waals surface area contributed by atoms with Gasteiger partial charge in [0.15, 0.2) is 5.17 Å². The first-order valence-electron chi connectivity index (χ1n) is 5.13. The number of carboxylic acid groups (broad SMARTS) is 1. The molecule has 8 heteroatoms. The predicted molar refractivity (Wildman–Crippen MR) is 74.0 cm³/mol. The van der Waals surface area contributed by atoms with Gasteiger partial charge in [-0.15, -0.1) is 5.10 Å². The number of carbonyl (C=O) groups is 2. The number of halogens is 1. The Labute approximate surface area is 117 Å². The molecule has 0 atom stereocenters. The van der Waals surface area contributed by atoms with E-state index >= 15 is 0 Å². The molecular formula is C11H8ClN3O3S. The fourth-order valence-electron chi connectivity index (χ4n) is 1.37. The molecule has 0 aliphatic carbocycles. The number of thioether (sulfide) groups is 1. The number of carboxylic acids is 1. The molecule has 6 nitrogen and oxygen atoms in total. The van der Waals surface area contributed by atoms with Crippen LogP contribution < -0.4 is 5.32 Å². The Balaban J connectivity index is 2.23. The molecule has 0 unspecified atom stereocenters. The average Bonchev–Trinajstić information content (AvgIpc) is 2.77. The van der Waals surface area contributed by atoms with Crippen LogP contribution in [0, 0.1) is 0 Å². The summed E-state index contributed by atoms with van der Waals surface area (Å²) >= 11 is 7.14. The van der Waals surface area contributed by atoms with Crippen molar-refractivity contribution in [3.63, 3.8) is 0 Å². The molecule has 2 N–H and O–H groups in total. The molecule has 1 aromatic rings. The van der Waals surface area contributed by atoms with Gasteiger partial charge in [0.1, 0.15) is 0 Å². The standard InChI is InChI=1S/C11H8ClN3O3S/c12-8-3-1-2-6(10(17)18)7(8)4-13-15-11-14-9(16)5-19-11/h1-4H,5H2,(H,17,18)(H,14,15,16). The fraction of sp³-hybridized carbons (Fsp3) is 0.0909. The summed E-state index contributed by atoms with van der Waals surface area (Å²) in [6, 6.07) is 4.53. The zero-order valence-corrected chi connectivity index (χ0v) is 11.0. The van der Waals surface area contributed by atoms with Gasteiger partial charge in [-0.05, 0) is 12.1 Å². The van der Waals surface area contributed by atoms with Gasteiger partial charge in [0.2, 0.25) is 5.91 Å². The molecular weight excluding hydrogens is 290 g/mol. The number of rotatable bonds is 3. The lowest BCUT2D eigenvalue weighted by Crippen LogP contribution is -2.19. The van der Waals surface area contributed by atoms with Crippen LogP contribution in [0.1, 0.15) is 15.9 Å². The Hall–Kier alpha value is -1.86. The van der Waals surface area contributed by atoms with Crippen molar-refractivity contribution in [2.24, 2.45) is 10.2 Å². The monoisotopic (exact) mass is 297 g/mol. The van der Waals surface area contributed by atoms with E-state index in [1.807, 2.05) is 0 Å². The normalized spacial score (nSPS) is 17.1. The molecule has 0 aromatic heterocycles. The molecule has 1 amide bonds. The smallest absolute Gasteiger partial charge is 0.336 e. The number of hydrogen-bond donors (Lipinski definition) is 2. The number of amidine groups is 1. The second kappa shape index (κ2) is 5.85. The molecule has 1 aliphatic heterocycles. The lowest BCUT2D eigenvalue weighted by atomic mass is 10.1. The third-order valence-electron chi connectivity index (χ3n) is 2.21. The van der Waals surface area contributed by atoms with Gasteiger partial charge in [0.05, 0.1) is 22.6 Å². The van der Waals surface area contributed by atoms with Crippen LogP contribution in [0.3, 0.4) is 0 Å². The van der Waals surface area contributed by atoms with Crippen LogP contribution in [0.15, 0.2) is 28.4 Å². The maximum Gasteiger partial charge on any atom is 0.336 e. The van der Waals surface area contributed by atoms with E-state index in [4.69, 9.17) is 16.7 Å². The highest BCUT2D eigenvalue weighted by molar-refractivity contribution is 8.15. The Bertz CT molecular complexity index is 601. The Morgan fingerprint density at radius 3 is 2.95 bits per heavy atom. The number of hydrogen-bond acceptors (Lipinski definition) is 5. The maximum atomic E-state index is 11.0. The minimum absolute atomic E-state index is 0.0413. The quantitative estimate of drug-likeness (QED) is 0.655. The maximum absolute atomic E-state index is 11.0. The fourth-order valence-corrected chi connectivity index (χ4v) is 2.23. The van der Waals surface area contributed by atoms with E-state index in [9.17, 15) is 9.59 Å². The number of benzene rings is 1. The SMILES string of the molecule is O=C1CSC(=NN=Cc2c(Cl)cccc2C(=O)O)N1. The average molecular weight is 298 g/mol. The van der Waals surface area contributed by atoms with Crippen LogP contribution in [0.25, 0.3) is 0 Å². The number of nitrogens with zero attached hydrogens (tertiary/aromatic N) is 2. The predicted octanol–water partition coefficient (Wildman–Crippen LogP) is 1.59. The van der Waals surface area contributed by atoms with Gasteiger partial charge in [-0.2, -0.15) is 5.10 Å². The molecule has 19 heavy (non-hydrogen) atoms. The molecule has 0 saturated carbocycles. The number of amides is 1. The molecule has 0 bridgehead atoms. The number of nitrogens with one attached hydrogen (secondary N) is 1. The summed E-state index contributed by atoms with van der Waals surface area (Å²) < 4.78 is 0. The minimum atomic E-state index is -1.10. The van der Waals surface area contributed by atoms with Gasteiger partial charge in [-0.1, -0.05) is 29.4 Å². The molecule has 1 aliphatic rings. The van der Waals surface area contributed by atoms with Crippen LogP contribution >= 0.6 is 23.4 Å². The Morgan fingerprint density at radius 2 is 2.32 bits per heavy atom. The van der Waals surface area contributed by atoms with E-state index in [2.05, 4.69) is 15.5 Å². The van der Waals surface area contributed by atoms with E-state index in [1.54, 1.807) is 12.1 Å². The second-order valence-electron chi connectivity index (χ2n) is 3.49. The lowest BCUT2D eigenvalue weighted by molar-refractivity contribution is -0.116. The van der Waals surface area contributed by atoms with Gasteiger partial charge in [0.25, 0.3) is 0 Å². The zero-order valence-electron chi connectivity index (χ0n) is 9.46. The lowest BCUT2D eigenvalue weighted by Gasteiger charge is -2.01. The molecule has 1 fully saturated rings. The van der Waals surface area contributed by atoms with Crippen LogP contribution in [0.2, 0.25) is 5.02 Å². The van der Waals surface area contributed by atoms with Gasteiger partial charge in [-0.3, -0.25) is 4.79 Å². The van der Waals surface area contributed by atoms with Crippen molar-refractivity contribution in [2.75, 3.05) is 5.75 Å². The molecule has 0 radical (unpaired) electrons. The largest absolute Gasteiger partial charge is 0.478 e. The van der Waals surface area contributed by atoms with E-state index in [0.717, 1.165) is 0 Å². The van der Waals surface area contributed by atoms with E-state index in [0.29, 0.717) is 10.9 Å². The molecule has 2 rings (SSSR count). The number of aromatic carboxylic acids is 1. The molecule has 98 valence electrons. The van der Waals surface area contributed by atoms with Gasteiger partial charge < -0.3 is 10.4 Å². The molecule has 1 saturated heterocycles. The minimum Gasteiger partial charge on any atom is -0.478 e. The van der Waals surface area contributed by atoms with Crippen molar-refractivity contribution in [2.45, 2.75) is 0 Å². The van der Waals surface area contributed by atoms with Crippen LogP contribution in [0.5, 0.6) is 0 Å². The molecule has 1 heterocycles. The van der Waals surface area contributed by atoms with E-state index in [-0.39, 0.29) is 22.1 Å². The van der Waals surface area contributed by atoms with Gasteiger partial charge >= 0.3 is 5.97 Å². The summed E-state index contributed by atoms with van der Waals surface area (Å²) in [5.74, 6) is -0.927. The Morgan fingerprint density at radius 1 is 1.53 bits per heavy atom. The third-order valence-corrected chi connectivity index (χ3v) is 3.40. The van der Waals surface area contributed by atoms with Crippen molar-refractivity contribution in [3.8, 4) is 0 Å². The first-order chi connectivity index (χ1) is 9.08. The van der Waals surface area contributed by atoms with Crippen LogP contribution in [-0.4, -0.2) is 34.1 Å². The third kappa shape index (κ3) is 3.33. The van der Waals surface area contributed by atoms with E-state index in [1.165, 1.54) is 24.0 Å². The zero-order chi connectivity index (χ0) is 13.8. The highest BCUT2D eigenvalue weighted by Crippen LogP contribution is 2.18. The highest BCUT2D eigenvalue weighted by Gasteiger charge is 2.16. The molecule has 0 spiro atoms. The van der Waals surface area contributed by atoms with Crippen LogP contribution in [0.4, 0.5) is 0 Å². The summed E-state index contributed by atoms with van der Waals surface area (Å²) in [6.07, 6.45) is 1.25. The first kappa shape index (κ1) is 13.6. The van der Waals surface area contributed by atoms with Crippen molar-refractivity contribution in [3.05, 3.63) is 34.3 Å². The highest BCUT2D eigenvalue weighted by atomic mass is 35.5. The summed E-state index contributed by atoms with van der Waals surface area (Å²) in [5.41, 5.74) is 0.315. The summed E-state index contributed by atoms with van der Waals surface area (Å²) in [5, 5.41) is 19.7. The second-order valence-corrected chi connectivity index (χ2v) is 4.86. The van der Waals surface area contributed by atoms with Crippen molar-refractivity contribution in [1.29, 1.82) is 0 Å². The summed E-state index contributed by atoms with van der Waals surface area (Å²) in [4.78, 5) is 21.9. The van der Waals surface area contributed by atoms with Crippen molar-refractivity contribution >= 4 is 46.6 Å². The van der Waals surface area contributed by atoms with Crippen molar-refractivity contribution in [1.82, 2.24) is 5.32 Å². The summed E-state index contributed by atoms with van der Waals surface area (Å²) in [6.45, 7) is 0. The van der Waals surface area contributed by atoms with E-state index < -0.39 is 5.97 Å². The summed E-state index contributed by atoms with van der Waals surface area (Å²) in [7, 11) is 0. The van der Waals surface area contributed by atoms with Gasteiger partial charge in [-0.25, -0.2) is 4.79 Å². The molecule has 1 aromatic carbocycles.